The van der Waals surface area contributed by atoms with Gasteiger partial charge in [-0.3, -0.25) is 4.79 Å². The van der Waals surface area contributed by atoms with E-state index in [0.717, 1.165) is 17.1 Å². The lowest BCUT2D eigenvalue weighted by Crippen LogP contribution is -2.37. The highest BCUT2D eigenvalue weighted by atomic mass is 33.1. The third-order valence-corrected chi connectivity index (χ3v) is 4.94. The molecule has 0 saturated heterocycles. The van der Waals surface area contributed by atoms with Crippen LogP contribution in [-0.4, -0.2) is 29.4 Å². The number of benzene rings is 1. The summed E-state index contributed by atoms with van der Waals surface area (Å²) >= 11 is 0. The van der Waals surface area contributed by atoms with Crippen molar-refractivity contribution in [3.8, 4) is 0 Å². The van der Waals surface area contributed by atoms with Gasteiger partial charge < -0.3 is 10.4 Å². The van der Waals surface area contributed by atoms with E-state index in [1.807, 2.05) is 31.2 Å². The van der Waals surface area contributed by atoms with E-state index in [9.17, 15) is 4.79 Å². The van der Waals surface area contributed by atoms with Gasteiger partial charge in [-0.15, -0.1) is 0 Å². The van der Waals surface area contributed by atoms with Crippen LogP contribution in [0.15, 0.2) is 29.2 Å². The second-order valence-electron chi connectivity index (χ2n) is 3.75. The number of aliphatic hydroxyl groups is 1. The lowest BCUT2D eigenvalue weighted by Gasteiger charge is -2.15. The van der Waals surface area contributed by atoms with Crippen molar-refractivity contribution < 1.29 is 9.90 Å². The first kappa shape index (κ1) is 15.4. The SMILES string of the molecule is CCSSc1ccccc1C(=O)N[C@@H](CC)CO. The third-order valence-electron chi connectivity index (χ3n) is 2.45. The fourth-order valence-electron chi connectivity index (χ4n) is 1.39. The van der Waals surface area contributed by atoms with Crippen molar-refractivity contribution in [2.45, 2.75) is 31.2 Å². The normalized spacial score (nSPS) is 12.2. The van der Waals surface area contributed by atoms with Crippen LogP contribution in [0.1, 0.15) is 30.6 Å². The second-order valence-corrected chi connectivity index (χ2v) is 6.37. The predicted molar refractivity (Wildman–Crippen MR) is 79.1 cm³/mol. The minimum Gasteiger partial charge on any atom is -0.394 e. The summed E-state index contributed by atoms with van der Waals surface area (Å²) in [6.07, 6.45) is 0.723. The Labute approximate surface area is 116 Å². The molecule has 0 aromatic heterocycles. The lowest BCUT2D eigenvalue weighted by molar-refractivity contribution is 0.0912. The quantitative estimate of drug-likeness (QED) is 0.756. The summed E-state index contributed by atoms with van der Waals surface area (Å²) in [6.45, 7) is 4.00. The highest BCUT2D eigenvalue weighted by Gasteiger charge is 2.14. The van der Waals surface area contributed by atoms with Crippen molar-refractivity contribution >= 4 is 27.5 Å². The Balaban J connectivity index is 2.77. The van der Waals surface area contributed by atoms with Crippen molar-refractivity contribution in [2.75, 3.05) is 12.4 Å². The van der Waals surface area contributed by atoms with Crippen LogP contribution in [0.2, 0.25) is 0 Å². The molecule has 0 aliphatic carbocycles. The fourth-order valence-corrected chi connectivity index (χ4v) is 3.19. The molecule has 2 N–H and O–H groups in total. The van der Waals surface area contributed by atoms with E-state index in [1.54, 1.807) is 21.6 Å². The smallest absolute Gasteiger partial charge is 0.252 e. The van der Waals surface area contributed by atoms with Gasteiger partial charge in [-0.25, -0.2) is 0 Å². The van der Waals surface area contributed by atoms with Gasteiger partial charge in [0.1, 0.15) is 0 Å². The summed E-state index contributed by atoms with van der Waals surface area (Å²) < 4.78 is 0. The molecule has 0 aliphatic heterocycles. The van der Waals surface area contributed by atoms with Crippen molar-refractivity contribution in [3.05, 3.63) is 29.8 Å². The molecule has 100 valence electrons. The van der Waals surface area contributed by atoms with Gasteiger partial charge in [0.2, 0.25) is 0 Å². The molecule has 1 aromatic rings. The maximum absolute atomic E-state index is 12.1. The van der Waals surface area contributed by atoms with Crippen molar-refractivity contribution in [1.82, 2.24) is 5.32 Å². The van der Waals surface area contributed by atoms with E-state index >= 15 is 0 Å². The van der Waals surface area contributed by atoms with E-state index in [0.29, 0.717) is 5.56 Å². The number of amides is 1. The molecule has 1 aromatic carbocycles. The zero-order valence-corrected chi connectivity index (χ0v) is 12.3. The number of nitrogens with one attached hydrogen (secondary N) is 1. The lowest BCUT2D eigenvalue weighted by atomic mass is 10.2. The molecule has 0 heterocycles. The van der Waals surface area contributed by atoms with Gasteiger partial charge in [-0.1, -0.05) is 47.6 Å². The molecular formula is C13H19NO2S2. The monoisotopic (exact) mass is 285 g/mol. The Bertz CT molecular complexity index is 381. The number of carbonyl (C=O) groups excluding carboxylic acids is 1. The first-order valence-corrected chi connectivity index (χ1v) is 8.35. The van der Waals surface area contributed by atoms with Gasteiger partial charge in [0, 0.05) is 10.6 Å². The van der Waals surface area contributed by atoms with Crippen LogP contribution in [0.3, 0.4) is 0 Å². The van der Waals surface area contributed by atoms with E-state index in [-0.39, 0.29) is 18.6 Å². The highest BCUT2D eigenvalue weighted by molar-refractivity contribution is 8.76. The Morgan fingerprint density at radius 2 is 2.11 bits per heavy atom. The molecule has 1 amide bonds. The average molecular weight is 285 g/mol. The Morgan fingerprint density at radius 1 is 1.39 bits per heavy atom. The minimum absolute atomic E-state index is 0.0265. The topological polar surface area (TPSA) is 49.3 Å². The molecule has 1 rings (SSSR count). The molecular weight excluding hydrogens is 266 g/mol. The summed E-state index contributed by atoms with van der Waals surface area (Å²) in [7, 11) is 3.32. The molecule has 0 aliphatic rings. The van der Waals surface area contributed by atoms with Crippen LogP contribution in [0.4, 0.5) is 0 Å². The Morgan fingerprint density at radius 3 is 2.72 bits per heavy atom. The van der Waals surface area contributed by atoms with E-state index < -0.39 is 0 Å². The molecule has 0 spiro atoms. The van der Waals surface area contributed by atoms with Crippen molar-refractivity contribution in [2.24, 2.45) is 0 Å². The van der Waals surface area contributed by atoms with Gasteiger partial charge >= 0.3 is 0 Å². The zero-order chi connectivity index (χ0) is 13.4. The molecule has 0 unspecified atom stereocenters. The van der Waals surface area contributed by atoms with E-state index in [2.05, 4.69) is 12.2 Å². The molecule has 0 radical (unpaired) electrons. The van der Waals surface area contributed by atoms with Gasteiger partial charge in [0.25, 0.3) is 5.91 Å². The maximum atomic E-state index is 12.1. The molecule has 18 heavy (non-hydrogen) atoms. The standard InChI is InChI=1S/C13H19NO2S2/c1-3-10(9-15)14-13(16)11-7-5-6-8-12(11)18-17-4-2/h5-8,10,15H,3-4,9H2,1-2H3,(H,14,16)/t10-/m0/s1. The summed E-state index contributed by atoms with van der Waals surface area (Å²) in [6, 6.07) is 7.38. The Hall–Kier alpha value is -0.650. The average Bonchev–Trinajstić information content (AvgIpc) is 2.42. The fraction of sp³-hybridized carbons (Fsp3) is 0.462. The second kappa shape index (κ2) is 8.45. The number of rotatable bonds is 7. The molecule has 3 nitrogen and oxygen atoms in total. The first-order chi connectivity index (χ1) is 8.72. The number of hydrogen-bond donors (Lipinski definition) is 2. The van der Waals surface area contributed by atoms with Gasteiger partial charge in [-0.05, 0) is 18.6 Å². The maximum Gasteiger partial charge on any atom is 0.252 e. The molecule has 1 atom stereocenters. The van der Waals surface area contributed by atoms with Crippen LogP contribution in [0, 0.1) is 0 Å². The minimum atomic E-state index is -0.172. The molecule has 5 heteroatoms. The zero-order valence-electron chi connectivity index (χ0n) is 10.7. The van der Waals surface area contributed by atoms with Crippen LogP contribution >= 0.6 is 21.6 Å². The van der Waals surface area contributed by atoms with Gasteiger partial charge in [-0.2, -0.15) is 0 Å². The molecule has 0 bridgehead atoms. The van der Waals surface area contributed by atoms with Crippen LogP contribution in [0.25, 0.3) is 0 Å². The third kappa shape index (κ3) is 4.55. The Kier molecular flexibility index (Phi) is 7.23. The van der Waals surface area contributed by atoms with Crippen molar-refractivity contribution in [3.63, 3.8) is 0 Å². The van der Waals surface area contributed by atoms with Gasteiger partial charge in [0.05, 0.1) is 18.2 Å². The van der Waals surface area contributed by atoms with Crippen molar-refractivity contribution in [1.29, 1.82) is 0 Å². The molecule has 0 saturated carbocycles. The van der Waals surface area contributed by atoms with E-state index in [4.69, 9.17) is 5.11 Å². The highest BCUT2D eigenvalue weighted by Crippen LogP contribution is 2.33. The van der Waals surface area contributed by atoms with Gasteiger partial charge in [0.15, 0.2) is 0 Å². The summed E-state index contributed by atoms with van der Waals surface area (Å²) in [5.41, 5.74) is 0.676. The predicted octanol–water partition coefficient (Wildman–Crippen LogP) is 2.95. The first-order valence-electron chi connectivity index (χ1n) is 6.03. The summed E-state index contributed by atoms with van der Waals surface area (Å²) in [5.74, 6) is 0.880. The van der Waals surface area contributed by atoms with Crippen LogP contribution in [-0.2, 0) is 0 Å². The number of carbonyl (C=O) groups is 1. The van der Waals surface area contributed by atoms with Crippen LogP contribution in [0.5, 0.6) is 0 Å². The summed E-state index contributed by atoms with van der Waals surface area (Å²) in [5, 5.41) is 11.9. The van der Waals surface area contributed by atoms with Crippen LogP contribution < -0.4 is 5.32 Å². The largest absolute Gasteiger partial charge is 0.394 e. The summed E-state index contributed by atoms with van der Waals surface area (Å²) in [4.78, 5) is 13.1. The number of hydrogen-bond acceptors (Lipinski definition) is 4. The van der Waals surface area contributed by atoms with E-state index in [1.165, 1.54) is 0 Å². The number of aliphatic hydroxyl groups excluding tert-OH is 1. The molecule has 0 fully saturated rings.